The van der Waals surface area contributed by atoms with Gasteiger partial charge in [0, 0.05) is 6.04 Å². The highest BCUT2D eigenvalue weighted by atomic mass is 14.9. The molecule has 16 heavy (non-hydrogen) atoms. The summed E-state index contributed by atoms with van der Waals surface area (Å²) in [7, 11) is 0. The minimum atomic E-state index is 0.388. The molecule has 86 valence electrons. The van der Waals surface area contributed by atoms with Crippen molar-refractivity contribution in [2.45, 2.75) is 40.2 Å². The highest BCUT2D eigenvalue weighted by Crippen LogP contribution is 2.20. The van der Waals surface area contributed by atoms with Gasteiger partial charge in [-0.05, 0) is 37.5 Å². The van der Waals surface area contributed by atoms with Gasteiger partial charge in [0.05, 0.1) is 11.3 Å². The molecular formula is C14H20N2. The molecule has 0 aliphatic heterocycles. The van der Waals surface area contributed by atoms with Gasteiger partial charge in [0.25, 0.3) is 0 Å². The fraction of sp³-hybridized carbons (Fsp3) is 0.500. The fourth-order valence-electron chi connectivity index (χ4n) is 1.62. The fourth-order valence-corrected chi connectivity index (χ4v) is 1.62. The van der Waals surface area contributed by atoms with Crippen LogP contribution in [0, 0.1) is 24.2 Å². The van der Waals surface area contributed by atoms with Crippen molar-refractivity contribution in [1.29, 1.82) is 5.26 Å². The molecule has 0 radical (unpaired) electrons. The smallest absolute Gasteiger partial charge is 0.101 e. The molecule has 0 amide bonds. The summed E-state index contributed by atoms with van der Waals surface area (Å²) in [5, 5.41) is 12.5. The molecule has 0 saturated heterocycles. The van der Waals surface area contributed by atoms with Gasteiger partial charge in [0.15, 0.2) is 0 Å². The normalized spacial score (nSPS) is 13.9. The summed E-state index contributed by atoms with van der Waals surface area (Å²) in [4.78, 5) is 0. The van der Waals surface area contributed by atoms with E-state index in [-0.39, 0.29) is 0 Å². The molecule has 0 aromatic heterocycles. The molecule has 1 aromatic rings. The number of hydrogen-bond acceptors (Lipinski definition) is 2. The van der Waals surface area contributed by atoms with Gasteiger partial charge in [0.1, 0.15) is 6.07 Å². The van der Waals surface area contributed by atoms with Crippen molar-refractivity contribution in [1.82, 2.24) is 0 Å². The average Bonchev–Trinajstić information content (AvgIpc) is 2.28. The van der Waals surface area contributed by atoms with E-state index in [9.17, 15) is 0 Å². The maximum absolute atomic E-state index is 9.03. The van der Waals surface area contributed by atoms with Gasteiger partial charge < -0.3 is 5.32 Å². The Balaban J connectivity index is 2.88. The van der Waals surface area contributed by atoms with Crippen LogP contribution >= 0.6 is 0 Å². The van der Waals surface area contributed by atoms with Crippen LogP contribution in [0.5, 0.6) is 0 Å². The molecule has 0 heterocycles. The van der Waals surface area contributed by atoms with Crippen molar-refractivity contribution in [3.05, 3.63) is 29.3 Å². The zero-order valence-electron chi connectivity index (χ0n) is 10.5. The predicted octanol–water partition coefficient (Wildman–Crippen LogP) is 3.71. The van der Waals surface area contributed by atoms with Crippen LogP contribution in [0.1, 0.15) is 38.3 Å². The van der Waals surface area contributed by atoms with E-state index in [0.29, 0.717) is 12.0 Å². The summed E-state index contributed by atoms with van der Waals surface area (Å²) in [6.07, 6.45) is 1.14. The minimum Gasteiger partial charge on any atom is -0.381 e. The first-order valence-electron chi connectivity index (χ1n) is 5.85. The third kappa shape index (κ3) is 3.00. The first-order chi connectivity index (χ1) is 7.58. The number of nitrogens with zero attached hydrogens (tertiary/aromatic N) is 1. The van der Waals surface area contributed by atoms with Crippen LogP contribution in [0.4, 0.5) is 5.69 Å². The van der Waals surface area contributed by atoms with Gasteiger partial charge in [-0.15, -0.1) is 0 Å². The maximum atomic E-state index is 9.03. The van der Waals surface area contributed by atoms with E-state index in [1.54, 1.807) is 0 Å². The van der Waals surface area contributed by atoms with E-state index in [0.717, 1.165) is 17.7 Å². The molecule has 2 atom stereocenters. The summed E-state index contributed by atoms with van der Waals surface area (Å²) < 4.78 is 0. The summed E-state index contributed by atoms with van der Waals surface area (Å²) >= 11 is 0. The van der Waals surface area contributed by atoms with Crippen LogP contribution in [-0.4, -0.2) is 6.04 Å². The highest BCUT2D eigenvalue weighted by molar-refractivity contribution is 5.59. The molecule has 0 bridgehead atoms. The lowest BCUT2D eigenvalue weighted by Crippen LogP contribution is -2.23. The zero-order chi connectivity index (χ0) is 12.1. The molecule has 0 spiro atoms. The Morgan fingerprint density at radius 1 is 1.38 bits per heavy atom. The predicted molar refractivity (Wildman–Crippen MR) is 68.4 cm³/mol. The van der Waals surface area contributed by atoms with E-state index < -0.39 is 0 Å². The number of nitriles is 1. The van der Waals surface area contributed by atoms with Gasteiger partial charge in [-0.2, -0.15) is 5.26 Å². The molecule has 1 N–H and O–H groups in total. The second-order valence-electron chi connectivity index (χ2n) is 4.48. The second-order valence-corrected chi connectivity index (χ2v) is 4.48. The lowest BCUT2D eigenvalue weighted by molar-refractivity contribution is 0.494. The van der Waals surface area contributed by atoms with Gasteiger partial charge in [-0.3, -0.25) is 0 Å². The van der Waals surface area contributed by atoms with E-state index in [2.05, 4.69) is 32.2 Å². The topological polar surface area (TPSA) is 35.8 Å². The molecule has 0 fully saturated rings. The van der Waals surface area contributed by atoms with E-state index in [4.69, 9.17) is 5.26 Å². The number of rotatable bonds is 4. The Kier molecular flexibility index (Phi) is 4.37. The van der Waals surface area contributed by atoms with Crippen molar-refractivity contribution < 1.29 is 0 Å². The van der Waals surface area contributed by atoms with Crippen LogP contribution in [0.3, 0.4) is 0 Å². The van der Waals surface area contributed by atoms with E-state index in [1.165, 1.54) is 5.56 Å². The number of nitrogens with one attached hydrogen (secondary N) is 1. The largest absolute Gasteiger partial charge is 0.381 e. The summed E-state index contributed by atoms with van der Waals surface area (Å²) in [5.41, 5.74) is 2.86. The molecule has 2 nitrogen and oxygen atoms in total. The Bertz CT molecular complexity index is 390. The van der Waals surface area contributed by atoms with Gasteiger partial charge in [-0.1, -0.05) is 26.3 Å². The standard InChI is InChI=1S/C14H20N2/c1-5-11(3)12(4)16-14-8-10(2)6-7-13(14)9-15/h6-8,11-12,16H,5H2,1-4H3. The Labute approximate surface area is 98.3 Å². The second kappa shape index (κ2) is 5.55. The van der Waals surface area contributed by atoms with Crippen molar-refractivity contribution in [2.24, 2.45) is 5.92 Å². The van der Waals surface area contributed by atoms with Crippen LogP contribution in [0.25, 0.3) is 0 Å². The van der Waals surface area contributed by atoms with Crippen molar-refractivity contribution in [3.63, 3.8) is 0 Å². The lowest BCUT2D eigenvalue weighted by atomic mass is 10.00. The van der Waals surface area contributed by atoms with Crippen molar-refractivity contribution in [3.8, 4) is 6.07 Å². The van der Waals surface area contributed by atoms with Gasteiger partial charge in [0.2, 0.25) is 0 Å². The number of aryl methyl sites for hydroxylation is 1. The van der Waals surface area contributed by atoms with Gasteiger partial charge >= 0.3 is 0 Å². The quantitative estimate of drug-likeness (QED) is 0.832. The van der Waals surface area contributed by atoms with Crippen LogP contribution in [0.15, 0.2) is 18.2 Å². The van der Waals surface area contributed by atoms with Crippen LogP contribution in [0.2, 0.25) is 0 Å². The third-order valence-corrected chi connectivity index (χ3v) is 3.18. The summed E-state index contributed by atoms with van der Waals surface area (Å²) in [6.45, 7) is 8.61. The van der Waals surface area contributed by atoms with Crippen LogP contribution < -0.4 is 5.32 Å². The first-order valence-corrected chi connectivity index (χ1v) is 5.85. The van der Waals surface area contributed by atoms with Crippen LogP contribution in [-0.2, 0) is 0 Å². The molecule has 2 heteroatoms. The third-order valence-electron chi connectivity index (χ3n) is 3.18. The minimum absolute atomic E-state index is 0.388. The molecule has 1 rings (SSSR count). The number of benzene rings is 1. The Hall–Kier alpha value is -1.49. The number of hydrogen-bond donors (Lipinski definition) is 1. The summed E-state index contributed by atoms with van der Waals surface area (Å²) in [5.74, 6) is 0.604. The van der Waals surface area contributed by atoms with Gasteiger partial charge in [-0.25, -0.2) is 0 Å². The zero-order valence-corrected chi connectivity index (χ0v) is 10.5. The summed E-state index contributed by atoms with van der Waals surface area (Å²) in [6, 6.07) is 8.50. The van der Waals surface area contributed by atoms with Crippen molar-refractivity contribution in [2.75, 3.05) is 5.32 Å². The first kappa shape index (κ1) is 12.6. The highest BCUT2D eigenvalue weighted by Gasteiger charge is 2.11. The lowest BCUT2D eigenvalue weighted by Gasteiger charge is -2.22. The molecule has 1 aromatic carbocycles. The maximum Gasteiger partial charge on any atom is 0.101 e. The molecule has 0 aliphatic carbocycles. The Morgan fingerprint density at radius 2 is 2.06 bits per heavy atom. The molecule has 2 unspecified atom stereocenters. The SMILES string of the molecule is CCC(C)C(C)Nc1cc(C)ccc1C#N. The molecule has 0 aliphatic rings. The number of anilines is 1. The Morgan fingerprint density at radius 3 is 2.62 bits per heavy atom. The van der Waals surface area contributed by atoms with E-state index in [1.807, 2.05) is 25.1 Å². The molecule has 0 saturated carbocycles. The monoisotopic (exact) mass is 216 g/mol. The molecular weight excluding hydrogens is 196 g/mol. The van der Waals surface area contributed by atoms with E-state index >= 15 is 0 Å². The van der Waals surface area contributed by atoms with Crippen molar-refractivity contribution >= 4 is 5.69 Å². The average molecular weight is 216 g/mol.